The molecule has 0 bridgehead atoms. The number of sulfonamides is 1. The molecule has 1 aliphatic rings. The SMILES string of the molecule is CC.CS(C)(C)C#Cc1cc2c(-c3ccc(S(=O)(=O)N4CCCC4)cc3)ccnc2n1S(=O)(=O)c1ccccc1. The van der Waals surface area contributed by atoms with Crippen LogP contribution in [0.3, 0.4) is 0 Å². The fraction of sp³-hybridized carbons (Fsp3) is 0.300. The first-order valence-corrected chi connectivity index (χ1v) is 18.8. The Bertz CT molecular complexity index is 1770. The summed E-state index contributed by atoms with van der Waals surface area (Å²) in [5, 5.41) is 3.84. The molecule has 0 atom stereocenters. The molecular formula is C30H35N3O4S3. The number of aromatic nitrogens is 2. The highest BCUT2D eigenvalue weighted by molar-refractivity contribution is 8.36. The van der Waals surface area contributed by atoms with Gasteiger partial charge in [0.25, 0.3) is 10.0 Å². The Morgan fingerprint density at radius 1 is 0.775 bits per heavy atom. The van der Waals surface area contributed by atoms with Crippen LogP contribution in [0.5, 0.6) is 0 Å². The minimum atomic E-state index is -3.98. The molecule has 0 unspecified atom stereocenters. The zero-order valence-electron chi connectivity index (χ0n) is 23.5. The lowest BCUT2D eigenvalue weighted by atomic mass is 10.0. The molecule has 1 saturated heterocycles. The van der Waals surface area contributed by atoms with Gasteiger partial charge in [-0.3, -0.25) is 0 Å². The van der Waals surface area contributed by atoms with Gasteiger partial charge in [0, 0.05) is 24.7 Å². The number of fused-ring (bicyclic) bond motifs is 1. The fourth-order valence-corrected chi connectivity index (χ4v) is 7.82. The van der Waals surface area contributed by atoms with Crippen LogP contribution in [0.15, 0.2) is 82.7 Å². The average molecular weight is 598 g/mol. The third-order valence-corrected chi connectivity index (χ3v) is 10.6. The second-order valence-electron chi connectivity index (χ2n) is 9.91. The van der Waals surface area contributed by atoms with Gasteiger partial charge in [-0.05, 0) is 90.3 Å². The van der Waals surface area contributed by atoms with Crippen molar-refractivity contribution in [2.45, 2.75) is 36.5 Å². The Morgan fingerprint density at radius 2 is 1.38 bits per heavy atom. The van der Waals surface area contributed by atoms with Gasteiger partial charge in [0.2, 0.25) is 10.0 Å². The van der Waals surface area contributed by atoms with Crippen LogP contribution in [0.2, 0.25) is 0 Å². The van der Waals surface area contributed by atoms with Crippen LogP contribution >= 0.6 is 10.0 Å². The molecule has 40 heavy (non-hydrogen) atoms. The van der Waals surface area contributed by atoms with Gasteiger partial charge in [0.05, 0.1) is 9.79 Å². The number of hydrogen-bond acceptors (Lipinski definition) is 5. The summed E-state index contributed by atoms with van der Waals surface area (Å²) >= 11 is 0. The monoisotopic (exact) mass is 597 g/mol. The molecule has 1 aliphatic heterocycles. The summed E-state index contributed by atoms with van der Waals surface area (Å²) in [5.74, 6) is 3.10. The van der Waals surface area contributed by atoms with Crippen LogP contribution in [0, 0.1) is 11.2 Å². The van der Waals surface area contributed by atoms with Crippen molar-refractivity contribution < 1.29 is 16.8 Å². The molecule has 2 aromatic carbocycles. The maximum atomic E-state index is 13.8. The second kappa shape index (κ2) is 11.8. The molecule has 0 aliphatic carbocycles. The van der Waals surface area contributed by atoms with Crippen molar-refractivity contribution in [2.24, 2.45) is 0 Å². The third-order valence-electron chi connectivity index (χ3n) is 6.30. The van der Waals surface area contributed by atoms with Crippen LogP contribution in [-0.2, 0) is 20.0 Å². The zero-order chi connectivity index (χ0) is 29.1. The number of rotatable bonds is 5. The summed E-state index contributed by atoms with van der Waals surface area (Å²) in [6.07, 6.45) is 9.43. The Kier molecular flexibility index (Phi) is 8.80. The van der Waals surface area contributed by atoms with Gasteiger partial charge >= 0.3 is 0 Å². The summed E-state index contributed by atoms with van der Waals surface area (Å²) in [7, 11) is -8.74. The van der Waals surface area contributed by atoms with E-state index in [0.717, 1.165) is 24.0 Å². The van der Waals surface area contributed by atoms with Crippen molar-refractivity contribution in [2.75, 3.05) is 31.9 Å². The van der Waals surface area contributed by atoms with E-state index in [9.17, 15) is 16.8 Å². The molecule has 2 aromatic heterocycles. The Balaban J connectivity index is 0.00000181. The van der Waals surface area contributed by atoms with Gasteiger partial charge in [0.15, 0.2) is 5.65 Å². The van der Waals surface area contributed by atoms with Gasteiger partial charge in [-0.1, -0.05) is 44.2 Å². The van der Waals surface area contributed by atoms with Gasteiger partial charge in [-0.15, -0.1) is 0 Å². The van der Waals surface area contributed by atoms with E-state index in [1.54, 1.807) is 72.9 Å². The van der Waals surface area contributed by atoms with Crippen LogP contribution < -0.4 is 0 Å². The Morgan fingerprint density at radius 3 is 1.98 bits per heavy atom. The fourth-order valence-electron chi connectivity index (χ4n) is 4.44. The van der Waals surface area contributed by atoms with Crippen molar-refractivity contribution in [3.8, 4) is 22.3 Å². The number of benzene rings is 2. The van der Waals surface area contributed by atoms with Crippen LogP contribution in [0.1, 0.15) is 32.4 Å². The van der Waals surface area contributed by atoms with E-state index in [4.69, 9.17) is 0 Å². The molecule has 7 nitrogen and oxygen atoms in total. The summed E-state index contributed by atoms with van der Waals surface area (Å²) < 4.78 is 56.2. The molecular weight excluding hydrogens is 563 g/mol. The molecule has 10 heteroatoms. The van der Waals surface area contributed by atoms with E-state index < -0.39 is 30.1 Å². The van der Waals surface area contributed by atoms with Crippen LogP contribution in [0.25, 0.3) is 22.2 Å². The van der Waals surface area contributed by atoms with Crippen LogP contribution in [0.4, 0.5) is 0 Å². The first-order chi connectivity index (χ1) is 19.0. The van der Waals surface area contributed by atoms with Crippen molar-refractivity contribution in [1.82, 2.24) is 13.3 Å². The Labute approximate surface area is 239 Å². The molecule has 0 radical (unpaired) electrons. The second-order valence-corrected chi connectivity index (χ2v) is 17.5. The van der Waals surface area contributed by atoms with E-state index >= 15 is 0 Å². The molecule has 212 valence electrons. The van der Waals surface area contributed by atoms with E-state index in [0.29, 0.717) is 24.2 Å². The molecule has 4 aromatic rings. The summed E-state index contributed by atoms with van der Waals surface area (Å²) in [6, 6.07) is 18.5. The van der Waals surface area contributed by atoms with Gasteiger partial charge in [-0.25, -0.2) is 25.8 Å². The van der Waals surface area contributed by atoms with Gasteiger partial charge < -0.3 is 0 Å². The molecule has 0 saturated carbocycles. The first kappa shape index (κ1) is 29.9. The summed E-state index contributed by atoms with van der Waals surface area (Å²) in [5.41, 5.74) is 2.11. The maximum absolute atomic E-state index is 13.8. The standard InChI is InChI=1S/C28H29N3O4S3.C2H6/c1-36(2,3)20-16-23-21-27-26(22-11-13-25(14-12-22)37(32,33)30-18-7-8-19-30)15-17-29-28(27)31(23)38(34,35)24-9-5-4-6-10-24;1-2/h4-6,9-15,17,21H,7-8,18-19H2,1-3H3;1-2H3. The van der Waals surface area contributed by atoms with E-state index in [1.807, 2.05) is 32.6 Å². The zero-order valence-corrected chi connectivity index (χ0v) is 25.9. The molecule has 0 N–H and O–H groups in total. The summed E-state index contributed by atoms with van der Waals surface area (Å²) in [4.78, 5) is 4.85. The predicted octanol–water partition coefficient (Wildman–Crippen LogP) is 5.75. The third kappa shape index (κ3) is 5.98. The highest BCUT2D eigenvalue weighted by Crippen LogP contribution is 2.35. The molecule has 0 amide bonds. The van der Waals surface area contributed by atoms with Crippen molar-refractivity contribution >= 4 is 41.1 Å². The largest absolute Gasteiger partial charge is 0.270 e. The number of pyridine rings is 1. The van der Waals surface area contributed by atoms with Crippen molar-refractivity contribution in [3.63, 3.8) is 0 Å². The van der Waals surface area contributed by atoms with E-state index in [1.165, 1.54) is 8.28 Å². The Hall–Kier alpha value is -3.10. The molecule has 3 heterocycles. The molecule has 0 spiro atoms. The highest BCUT2D eigenvalue weighted by Gasteiger charge is 2.28. The smallest absolute Gasteiger partial charge is 0.237 e. The van der Waals surface area contributed by atoms with Crippen molar-refractivity contribution in [1.29, 1.82) is 0 Å². The molecule has 1 fully saturated rings. The predicted molar refractivity (Wildman–Crippen MR) is 166 cm³/mol. The van der Waals surface area contributed by atoms with Crippen LogP contribution in [-0.4, -0.2) is 62.0 Å². The number of hydrogen-bond donors (Lipinski definition) is 0. The lowest BCUT2D eigenvalue weighted by molar-refractivity contribution is 0.477. The maximum Gasteiger partial charge on any atom is 0.270 e. The molecule has 5 rings (SSSR count). The first-order valence-electron chi connectivity index (χ1n) is 13.1. The quantitative estimate of drug-likeness (QED) is 0.273. The van der Waals surface area contributed by atoms with Gasteiger partial charge in [-0.2, -0.15) is 14.3 Å². The van der Waals surface area contributed by atoms with E-state index in [-0.39, 0.29) is 15.4 Å². The van der Waals surface area contributed by atoms with Gasteiger partial charge in [0.1, 0.15) is 5.69 Å². The summed E-state index contributed by atoms with van der Waals surface area (Å²) in [6.45, 7) is 5.08. The minimum absolute atomic E-state index is 0.146. The minimum Gasteiger partial charge on any atom is -0.237 e. The number of nitrogens with zero attached hydrogens (tertiary/aromatic N) is 3. The van der Waals surface area contributed by atoms with E-state index in [2.05, 4.69) is 16.2 Å². The normalized spacial score (nSPS) is 14.7. The lowest BCUT2D eigenvalue weighted by Gasteiger charge is -2.15. The topological polar surface area (TPSA) is 89.3 Å². The average Bonchev–Trinajstić information content (AvgIpc) is 3.62. The highest BCUT2D eigenvalue weighted by atomic mass is 32.3. The van der Waals surface area contributed by atoms with Crippen molar-refractivity contribution in [3.05, 3.63) is 78.6 Å². The lowest BCUT2D eigenvalue weighted by Crippen LogP contribution is -2.27.